The number of alkyl halides is 2. The number of halogens is 2. The molecule has 260 valence electrons. The van der Waals surface area contributed by atoms with Crippen LogP contribution >= 0.6 is 7.75 Å². The van der Waals surface area contributed by atoms with E-state index < -0.39 is 50.2 Å². The molecule has 48 heavy (non-hydrogen) atoms. The second-order valence-electron chi connectivity index (χ2n) is 12.8. The largest absolute Gasteiger partial charge is 0.476 e. The van der Waals surface area contributed by atoms with Gasteiger partial charge in [0.15, 0.2) is 29.2 Å². The van der Waals surface area contributed by atoms with Crippen molar-refractivity contribution >= 4 is 41.6 Å². The normalized spacial score (nSPS) is 24.8. The van der Waals surface area contributed by atoms with E-state index in [1.807, 2.05) is 20.8 Å². The molecule has 14 nitrogen and oxygen atoms in total. The van der Waals surface area contributed by atoms with Crippen molar-refractivity contribution in [3.63, 3.8) is 0 Å². The van der Waals surface area contributed by atoms with Gasteiger partial charge in [-0.2, -0.15) is 15.1 Å². The Bertz CT molecular complexity index is 1850. The number of aliphatic hydroxyl groups is 1. The lowest BCUT2D eigenvalue weighted by Gasteiger charge is -2.28. The molecule has 0 saturated carbocycles. The molecule has 2 aromatic carbocycles. The van der Waals surface area contributed by atoms with E-state index in [9.17, 15) is 14.5 Å². The second-order valence-corrected chi connectivity index (χ2v) is 14.5. The van der Waals surface area contributed by atoms with Crippen LogP contribution in [-0.4, -0.2) is 74.1 Å². The van der Waals surface area contributed by atoms with Crippen molar-refractivity contribution in [3.05, 3.63) is 48.8 Å². The van der Waals surface area contributed by atoms with E-state index in [4.69, 9.17) is 29.0 Å². The van der Waals surface area contributed by atoms with Crippen LogP contribution in [0.25, 0.3) is 21.9 Å². The SMILES string of the molecule is CCOc1nc(N)nc2c1ncn2[C@@H]1O[C@](F)(COP(=O)(NC(C)C(=O)OCC(C)(C)C)Oc2cccc3ccccc23)[C@@H](O)[C@@]1(C)F. The molecule has 4 N–H and O–H groups in total. The second kappa shape index (κ2) is 13.2. The molecule has 1 aliphatic heterocycles. The van der Waals surface area contributed by atoms with Crippen molar-refractivity contribution in [2.45, 2.75) is 71.4 Å². The maximum Gasteiger partial charge on any atom is 0.459 e. The lowest BCUT2D eigenvalue weighted by molar-refractivity contribution is -0.202. The van der Waals surface area contributed by atoms with Crippen molar-refractivity contribution in [1.82, 2.24) is 24.6 Å². The summed E-state index contributed by atoms with van der Waals surface area (Å²) < 4.78 is 75.8. The van der Waals surface area contributed by atoms with Crippen LogP contribution in [0.3, 0.4) is 0 Å². The van der Waals surface area contributed by atoms with Crippen LogP contribution in [0, 0.1) is 5.41 Å². The third-order valence-corrected chi connectivity index (χ3v) is 9.04. The highest BCUT2D eigenvalue weighted by Crippen LogP contribution is 2.52. The summed E-state index contributed by atoms with van der Waals surface area (Å²) in [7, 11) is -4.70. The standard InChI is InChI=1S/C31H39F2N6O8P/c1-7-43-24-22-23(36-28(34)37-24)39(17-35-22)27-30(6,32)26(41)31(33,46-27)16-45-48(42,38-18(2)25(40)44-15-29(3,4)5)47-21-14-10-12-19-11-8-9-13-20(19)21/h8-14,17-18,26-27,41H,7,15-16H2,1-6H3,(H,38,42)(H2,34,36,37)/t18?,26-,27+,30+,31+,48?/m0/s1. The van der Waals surface area contributed by atoms with E-state index in [0.29, 0.717) is 5.39 Å². The highest BCUT2D eigenvalue weighted by molar-refractivity contribution is 7.52. The molecule has 4 aromatic rings. The smallest absolute Gasteiger partial charge is 0.459 e. The number of nitrogens with one attached hydrogen (secondary N) is 1. The Morgan fingerprint density at radius 2 is 1.92 bits per heavy atom. The number of esters is 1. The van der Waals surface area contributed by atoms with Gasteiger partial charge in [0, 0.05) is 5.39 Å². The van der Waals surface area contributed by atoms with Crippen LogP contribution < -0.4 is 20.1 Å². The van der Waals surface area contributed by atoms with Crippen LogP contribution in [0.15, 0.2) is 48.8 Å². The molecule has 17 heteroatoms. The number of carbonyl (C=O) groups is 1. The summed E-state index contributed by atoms with van der Waals surface area (Å²) >= 11 is 0. The summed E-state index contributed by atoms with van der Waals surface area (Å²) in [5.74, 6) is -4.20. The third kappa shape index (κ3) is 7.22. The number of aliphatic hydroxyl groups excluding tert-OH is 1. The Kier molecular flexibility index (Phi) is 9.70. The van der Waals surface area contributed by atoms with Crippen LogP contribution in [0.2, 0.25) is 0 Å². The Balaban J connectivity index is 1.44. The van der Waals surface area contributed by atoms with Gasteiger partial charge in [0.2, 0.25) is 11.8 Å². The molecule has 6 atom stereocenters. The summed E-state index contributed by atoms with van der Waals surface area (Å²) in [4.78, 5) is 25.0. The first-order valence-electron chi connectivity index (χ1n) is 15.2. The number of rotatable bonds is 12. The number of imidazole rings is 1. The molecule has 0 amide bonds. The van der Waals surface area contributed by atoms with E-state index in [1.54, 1.807) is 43.3 Å². The summed E-state index contributed by atoms with van der Waals surface area (Å²) in [6.07, 6.45) is -3.21. The van der Waals surface area contributed by atoms with Gasteiger partial charge in [0.05, 0.1) is 19.5 Å². The average Bonchev–Trinajstić information content (AvgIpc) is 3.51. The number of carbonyl (C=O) groups excluding carboxylic acids is 1. The number of hydrogen-bond donors (Lipinski definition) is 3. The van der Waals surface area contributed by atoms with Crippen molar-refractivity contribution in [3.8, 4) is 11.6 Å². The number of aromatic nitrogens is 4. The topological polar surface area (TPSA) is 182 Å². The number of anilines is 1. The molecule has 3 heterocycles. The first kappa shape index (κ1) is 35.4. The molecule has 1 saturated heterocycles. The molecule has 2 aromatic heterocycles. The van der Waals surface area contributed by atoms with E-state index in [2.05, 4.69) is 20.0 Å². The number of hydrogen-bond acceptors (Lipinski definition) is 12. The molecule has 0 radical (unpaired) electrons. The number of nitrogen functional groups attached to an aromatic ring is 1. The monoisotopic (exact) mass is 692 g/mol. The molecule has 1 fully saturated rings. The quantitative estimate of drug-likeness (QED) is 0.133. The van der Waals surface area contributed by atoms with Gasteiger partial charge in [-0.1, -0.05) is 57.2 Å². The minimum absolute atomic E-state index is 0.0143. The fourth-order valence-electron chi connectivity index (χ4n) is 5.05. The average molecular weight is 693 g/mol. The van der Waals surface area contributed by atoms with Crippen LogP contribution in [0.5, 0.6) is 11.6 Å². The van der Waals surface area contributed by atoms with Gasteiger partial charge in [0.1, 0.15) is 18.4 Å². The van der Waals surface area contributed by atoms with Gasteiger partial charge in [-0.05, 0) is 37.6 Å². The van der Waals surface area contributed by atoms with Gasteiger partial charge in [-0.3, -0.25) is 13.9 Å². The van der Waals surface area contributed by atoms with Crippen LogP contribution in [0.1, 0.15) is 47.8 Å². The fraction of sp³-hybridized carbons (Fsp3) is 0.484. The zero-order valence-electron chi connectivity index (χ0n) is 27.3. The Labute approximate surface area is 275 Å². The van der Waals surface area contributed by atoms with E-state index in [-0.39, 0.29) is 47.4 Å². The van der Waals surface area contributed by atoms with Gasteiger partial charge in [-0.15, -0.1) is 0 Å². The number of fused-ring (bicyclic) bond motifs is 2. The van der Waals surface area contributed by atoms with E-state index >= 15 is 8.78 Å². The molecule has 2 unspecified atom stereocenters. The van der Waals surface area contributed by atoms with Crippen LogP contribution in [-0.2, 0) is 23.4 Å². The predicted molar refractivity (Wildman–Crippen MR) is 172 cm³/mol. The summed E-state index contributed by atoms with van der Waals surface area (Å²) in [6.45, 7) is 8.56. The van der Waals surface area contributed by atoms with Gasteiger partial charge >= 0.3 is 13.7 Å². The maximum absolute atomic E-state index is 16.5. The molecular weight excluding hydrogens is 653 g/mol. The third-order valence-electron chi connectivity index (χ3n) is 7.43. The Morgan fingerprint density at radius 1 is 1.21 bits per heavy atom. The minimum Gasteiger partial charge on any atom is -0.476 e. The maximum atomic E-state index is 16.5. The molecule has 0 spiro atoms. The Morgan fingerprint density at radius 3 is 2.62 bits per heavy atom. The number of nitrogens with two attached hydrogens (primary N) is 1. The van der Waals surface area contributed by atoms with Gasteiger partial charge in [-0.25, -0.2) is 18.3 Å². The minimum atomic E-state index is -4.70. The van der Waals surface area contributed by atoms with Crippen molar-refractivity contribution < 1.29 is 46.5 Å². The molecular formula is C31H39F2N6O8P. The van der Waals surface area contributed by atoms with E-state index in [0.717, 1.165) is 23.2 Å². The Hall–Kier alpha value is -3.95. The number of nitrogens with zero attached hydrogens (tertiary/aromatic N) is 4. The zero-order valence-corrected chi connectivity index (χ0v) is 28.2. The van der Waals surface area contributed by atoms with Gasteiger partial charge < -0.3 is 29.6 Å². The predicted octanol–water partition coefficient (Wildman–Crippen LogP) is 5.02. The molecule has 0 bridgehead atoms. The first-order chi connectivity index (χ1) is 22.5. The highest BCUT2D eigenvalue weighted by Gasteiger charge is 2.65. The summed E-state index contributed by atoms with van der Waals surface area (Å²) in [5, 5.41) is 14.7. The zero-order chi connectivity index (χ0) is 35.1. The lowest BCUT2D eigenvalue weighted by Crippen LogP contribution is -2.47. The fourth-order valence-corrected chi connectivity index (χ4v) is 6.57. The summed E-state index contributed by atoms with van der Waals surface area (Å²) in [6, 6.07) is 10.7. The molecule has 5 rings (SSSR count). The number of ether oxygens (including phenoxy) is 3. The number of benzene rings is 2. The summed E-state index contributed by atoms with van der Waals surface area (Å²) in [5.41, 5.74) is 2.70. The van der Waals surface area contributed by atoms with Crippen LogP contribution in [0.4, 0.5) is 14.7 Å². The van der Waals surface area contributed by atoms with Crippen molar-refractivity contribution in [1.29, 1.82) is 0 Å². The van der Waals surface area contributed by atoms with Crippen molar-refractivity contribution in [2.24, 2.45) is 5.41 Å². The highest BCUT2D eigenvalue weighted by atomic mass is 31.2. The van der Waals surface area contributed by atoms with Gasteiger partial charge in [0.25, 0.3) is 5.85 Å². The lowest BCUT2D eigenvalue weighted by atomic mass is 9.97. The van der Waals surface area contributed by atoms with Crippen molar-refractivity contribution in [2.75, 3.05) is 25.6 Å². The molecule has 1 aliphatic rings. The molecule has 0 aliphatic carbocycles. The van der Waals surface area contributed by atoms with E-state index in [1.165, 1.54) is 13.0 Å². The first-order valence-corrected chi connectivity index (χ1v) is 16.7.